The Bertz CT molecular complexity index is 1010. The molecule has 3 rings (SSSR count). The Morgan fingerprint density at radius 3 is 2.92 bits per heavy atom. The van der Waals surface area contributed by atoms with Crippen molar-refractivity contribution >= 4 is 52.1 Å². The van der Waals surface area contributed by atoms with Gasteiger partial charge in [0.2, 0.25) is 0 Å². The van der Waals surface area contributed by atoms with Crippen molar-refractivity contribution in [1.82, 2.24) is 0 Å². The van der Waals surface area contributed by atoms with E-state index in [-0.39, 0.29) is 0 Å². The molecule has 0 radical (unpaired) electrons. The molecule has 0 fully saturated rings. The minimum absolute atomic E-state index is 0.368. The zero-order valence-corrected chi connectivity index (χ0v) is 15.9. The van der Waals surface area contributed by atoms with E-state index in [0.717, 1.165) is 20.3 Å². The van der Waals surface area contributed by atoms with E-state index in [1.807, 2.05) is 19.1 Å². The van der Waals surface area contributed by atoms with E-state index in [4.69, 9.17) is 19.1 Å². The number of hydrogen-bond donors (Lipinski definition) is 1. The van der Waals surface area contributed by atoms with Crippen LogP contribution in [0.2, 0.25) is 0 Å². The second-order valence-electron chi connectivity index (χ2n) is 5.54. The van der Waals surface area contributed by atoms with Crippen LogP contribution in [0, 0.1) is 21.8 Å². The molecule has 0 aliphatic heterocycles. The van der Waals surface area contributed by atoms with Crippen molar-refractivity contribution < 1.29 is 23.6 Å². The number of nitriles is 1. The molecule has 0 amide bonds. The number of carbonyl (C=O) groups excluding carboxylic acids is 1. The highest BCUT2D eigenvalue weighted by Gasteiger charge is 2.19. The van der Waals surface area contributed by atoms with Gasteiger partial charge in [-0.25, -0.2) is 4.79 Å². The van der Waals surface area contributed by atoms with Crippen molar-refractivity contribution in [3.05, 3.63) is 62.9 Å². The minimum Gasteiger partial charge on any atom is -0.460 e. The Hall–Kier alpha value is -2.35. The standard InChI is InChI=1S/C18H13BINO5/c1-11-5-13-7-14(8-16(20)17(13)26-11)18(22)24-10-25-19(23)15-4-2-3-12(6-15)9-21/h2-8,23H,10H2,1H3. The number of benzene rings is 2. The van der Waals surface area contributed by atoms with Crippen molar-refractivity contribution in [3.8, 4) is 6.07 Å². The van der Waals surface area contributed by atoms with Crippen LogP contribution in [0.4, 0.5) is 0 Å². The zero-order chi connectivity index (χ0) is 18.7. The molecule has 0 saturated heterocycles. The average Bonchev–Trinajstić information content (AvgIpc) is 3.02. The molecule has 0 unspecified atom stereocenters. The van der Waals surface area contributed by atoms with Gasteiger partial charge in [-0.15, -0.1) is 0 Å². The molecule has 8 heteroatoms. The topological polar surface area (TPSA) is 92.7 Å². The van der Waals surface area contributed by atoms with Gasteiger partial charge in [-0.1, -0.05) is 12.1 Å². The van der Waals surface area contributed by atoms with Crippen molar-refractivity contribution in [2.45, 2.75) is 6.92 Å². The highest BCUT2D eigenvalue weighted by molar-refractivity contribution is 14.1. The molecule has 6 nitrogen and oxygen atoms in total. The van der Waals surface area contributed by atoms with Crippen molar-refractivity contribution in [2.75, 3.05) is 6.79 Å². The molecule has 0 bridgehead atoms. The van der Waals surface area contributed by atoms with Crippen molar-refractivity contribution in [3.63, 3.8) is 0 Å². The predicted octanol–water partition coefficient (Wildman–Crippen LogP) is 2.74. The van der Waals surface area contributed by atoms with Crippen LogP contribution in [0.25, 0.3) is 11.0 Å². The number of furan rings is 1. The summed E-state index contributed by atoms with van der Waals surface area (Å²) < 4.78 is 16.6. The summed E-state index contributed by atoms with van der Waals surface area (Å²) in [7, 11) is -1.30. The summed E-state index contributed by atoms with van der Waals surface area (Å²) >= 11 is 2.09. The van der Waals surface area contributed by atoms with Crippen LogP contribution in [0.1, 0.15) is 21.7 Å². The molecule has 0 spiro atoms. The molecular formula is C18H13BINO5. The monoisotopic (exact) mass is 461 g/mol. The fourth-order valence-electron chi connectivity index (χ4n) is 2.45. The molecule has 26 heavy (non-hydrogen) atoms. The van der Waals surface area contributed by atoms with E-state index in [1.54, 1.807) is 30.3 Å². The van der Waals surface area contributed by atoms with Crippen molar-refractivity contribution in [2.24, 2.45) is 0 Å². The number of aryl methyl sites for hydroxylation is 1. The predicted molar refractivity (Wildman–Crippen MR) is 104 cm³/mol. The van der Waals surface area contributed by atoms with Crippen LogP contribution in [-0.2, 0) is 9.39 Å². The molecule has 0 aliphatic carbocycles. The molecule has 2 aromatic carbocycles. The number of carbonyl (C=O) groups is 1. The fraction of sp³-hybridized carbons (Fsp3) is 0.111. The van der Waals surface area contributed by atoms with E-state index in [0.29, 0.717) is 16.6 Å². The molecule has 1 aromatic heterocycles. The number of ether oxygens (including phenoxy) is 1. The van der Waals surface area contributed by atoms with E-state index in [2.05, 4.69) is 22.6 Å². The number of fused-ring (bicyclic) bond motifs is 1. The highest BCUT2D eigenvalue weighted by atomic mass is 127. The number of hydrogen-bond acceptors (Lipinski definition) is 6. The van der Waals surface area contributed by atoms with Gasteiger partial charge in [0, 0.05) is 5.39 Å². The second kappa shape index (κ2) is 7.91. The van der Waals surface area contributed by atoms with Gasteiger partial charge in [-0.2, -0.15) is 5.26 Å². The molecule has 1 N–H and O–H groups in total. The highest BCUT2D eigenvalue weighted by Crippen LogP contribution is 2.26. The first kappa shape index (κ1) is 18.4. The minimum atomic E-state index is -1.30. The van der Waals surface area contributed by atoms with E-state index >= 15 is 0 Å². The maximum atomic E-state index is 12.2. The van der Waals surface area contributed by atoms with Crippen LogP contribution in [0.5, 0.6) is 0 Å². The van der Waals surface area contributed by atoms with Crippen molar-refractivity contribution in [1.29, 1.82) is 5.26 Å². The van der Waals surface area contributed by atoms with Gasteiger partial charge in [-0.05, 0) is 65.3 Å². The van der Waals surface area contributed by atoms with E-state index < -0.39 is 19.9 Å². The Kier molecular flexibility index (Phi) is 5.61. The molecular weight excluding hydrogens is 448 g/mol. The van der Waals surface area contributed by atoms with Gasteiger partial charge in [0.05, 0.1) is 20.8 Å². The van der Waals surface area contributed by atoms with Crippen LogP contribution in [0.15, 0.2) is 46.9 Å². The first-order valence-corrected chi connectivity index (χ1v) is 8.72. The van der Waals surface area contributed by atoms with Crippen LogP contribution in [-0.4, -0.2) is 24.9 Å². The van der Waals surface area contributed by atoms with Gasteiger partial charge < -0.3 is 18.8 Å². The second-order valence-corrected chi connectivity index (χ2v) is 6.70. The van der Waals surface area contributed by atoms with Gasteiger partial charge in [0.25, 0.3) is 0 Å². The summed E-state index contributed by atoms with van der Waals surface area (Å²) in [5, 5.41) is 19.7. The Morgan fingerprint density at radius 1 is 1.35 bits per heavy atom. The summed E-state index contributed by atoms with van der Waals surface area (Å²) in [5.74, 6) is 0.191. The third-order valence-corrected chi connectivity index (χ3v) is 4.45. The summed E-state index contributed by atoms with van der Waals surface area (Å²) in [4.78, 5) is 12.2. The molecule has 3 aromatic rings. The zero-order valence-electron chi connectivity index (χ0n) is 13.7. The normalized spacial score (nSPS) is 10.5. The number of halogens is 1. The largest absolute Gasteiger partial charge is 0.493 e. The SMILES string of the molecule is Cc1cc2cc(C(=O)OCOB(O)c3cccc(C#N)c3)cc(I)c2o1. The lowest BCUT2D eigenvalue weighted by atomic mass is 9.79. The smallest absolute Gasteiger partial charge is 0.460 e. The first-order valence-electron chi connectivity index (χ1n) is 7.64. The van der Waals surface area contributed by atoms with Gasteiger partial charge in [0.15, 0.2) is 6.79 Å². The lowest BCUT2D eigenvalue weighted by Gasteiger charge is -2.10. The first-order chi connectivity index (χ1) is 12.5. The Labute approximate surface area is 163 Å². The number of rotatable bonds is 5. The third kappa shape index (κ3) is 4.07. The average molecular weight is 461 g/mol. The molecule has 0 atom stereocenters. The number of nitrogens with zero attached hydrogens (tertiary/aromatic N) is 1. The maximum absolute atomic E-state index is 12.2. The molecule has 0 aliphatic rings. The lowest BCUT2D eigenvalue weighted by molar-refractivity contribution is 0.0106. The summed E-state index contributed by atoms with van der Waals surface area (Å²) in [6.45, 7) is 1.42. The Balaban J connectivity index is 1.63. The lowest BCUT2D eigenvalue weighted by Crippen LogP contribution is -2.34. The molecule has 130 valence electrons. The summed E-state index contributed by atoms with van der Waals surface area (Å²) in [6.07, 6.45) is 0. The fourth-order valence-corrected chi connectivity index (χ4v) is 3.21. The van der Waals surface area contributed by atoms with E-state index in [1.165, 1.54) is 6.07 Å². The number of esters is 1. The maximum Gasteiger partial charge on any atom is 0.493 e. The van der Waals surface area contributed by atoms with E-state index in [9.17, 15) is 9.82 Å². The quantitative estimate of drug-likeness (QED) is 0.272. The summed E-state index contributed by atoms with van der Waals surface area (Å²) in [6, 6.07) is 13.5. The molecule has 1 heterocycles. The van der Waals surface area contributed by atoms with Gasteiger partial charge >= 0.3 is 13.1 Å². The van der Waals surface area contributed by atoms with Gasteiger partial charge in [0.1, 0.15) is 11.3 Å². The van der Waals surface area contributed by atoms with Crippen LogP contribution >= 0.6 is 22.6 Å². The van der Waals surface area contributed by atoms with Crippen LogP contribution in [0.3, 0.4) is 0 Å². The van der Waals surface area contributed by atoms with Crippen LogP contribution < -0.4 is 5.46 Å². The van der Waals surface area contributed by atoms with Gasteiger partial charge in [-0.3, -0.25) is 0 Å². The molecule has 0 saturated carbocycles. The third-order valence-electron chi connectivity index (χ3n) is 3.65. The Morgan fingerprint density at radius 2 is 2.15 bits per heavy atom. The summed E-state index contributed by atoms with van der Waals surface area (Å²) in [5.41, 5.74) is 1.90.